The van der Waals surface area contributed by atoms with Gasteiger partial charge in [-0.1, -0.05) is 6.07 Å². The number of likely N-dealkylation sites (N-methyl/N-ethyl adjacent to an activating group) is 1. The van der Waals surface area contributed by atoms with E-state index in [1.807, 2.05) is 47.5 Å². The number of rotatable bonds is 4. The summed E-state index contributed by atoms with van der Waals surface area (Å²) in [6.45, 7) is 1.27. The number of pyridine rings is 1. The smallest absolute Gasteiger partial charge is 0.490 e. The SMILES string of the molecule is COc1cccc(C(=O)N2CCC3(C2)c2cccn2-c2ncccc2N3CC(=O)N(C)C)c1.O=C(O)C(F)(F)F. The van der Waals surface area contributed by atoms with Gasteiger partial charge in [0.15, 0.2) is 5.82 Å². The van der Waals surface area contributed by atoms with E-state index < -0.39 is 17.7 Å². The van der Waals surface area contributed by atoms with Gasteiger partial charge in [0.1, 0.15) is 11.3 Å². The van der Waals surface area contributed by atoms with E-state index in [9.17, 15) is 22.8 Å². The van der Waals surface area contributed by atoms with Gasteiger partial charge in [-0.25, -0.2) is 9.78 Å². The van der Waals surface area contributed by atoms with Crippen LogP contribution in [0.3, 0.4) is 0 Å². The number of likely N-dealkylation sites (tertiary alicyclic amines) is 1. The van der Waals surface area contributed by atoms with Crippen LogP contribution in [-0.4, -0.2) is 89.3 Å². The van der Waals surface area contributed by atoms with E-state index in [1.54, 1.807) is 38.4 Å². The number of methoxy groups -OCH3 is 1. The Morgan fingerprint density at radius 1 is 1.12 bits per heavy atom. The highest BCUT2D eigenvalue weighted by atomic mass is 19.4. The highest BCUT2D eigenvalue weighted by molar-refractivity contribution is 5.95. The minimum absolute atomic E-state index is 0.00163. The van der Waals surface area contributed by atoms with Crippen molar-refractivity contribution in [3.8, 4) is 11.6 Å². The number of alkyl halides is 3. The van der Waals surface area contributed by atoms with Gasteiger partial charge in [-0.15, -0.1) is 0 Å². The molecule has 3 aromatic rings. The van der Waals surface area contributed by atoms with Gasteiger partial charge in [0.05, 0.1) is 25.0 Å². The molecule has 1 unspecified atom stereocenters. The van der Waals surface area contributed by atoms with Gasteiger partial charge in [-0.2, -0.15) is 13.2 Å². The van der Waals surface area contributed by atoms with Crippen molar-refractivity contribution >= 4 is 23.5 Å². The maximum absolute atomic E-state index is 13.4. The van der Waals surface area contributed by atoms with E-state index in [-0.39, 0.29) is 18.4 Å². The van der Waals surface area contributed by atoms with Gasteiger partial charge < -0.3 is 29.1 Å². The number of fused-ring (bicyclic) bond motifs is 4. The minimum Gasteiger partial charge on any atom is -0.497 e. The highest BCUT2D eigenvalue weighted by Crippen LogP contribution is 2.47. The highest BCUT2D eigenvalue weighted by Gasteiger charge is 2.51. The first kappa shape index (κ1) is 28.5. The number of anilines is 1. The summed E-state index contributed by atoms with van der Waals surface area (Å²) in [6.07, 6.45) is -0.609. The van der Waals surface area contributed by atoms with Crippen LogP contribution < -0.4 is 9.64 Å². The predicted molar refractivity (Wildman–Crippen MR) is 138 cm³/mol. The molecule has 2 aromatic heterocycles. The lowest BCUT2D eigenvalue weighted by atomic mass is 9.88. The zero-order valence-corrected chi connectivity index (χ0v) is 22.1. The number of carboxylic acids is 1. The fraction of sp³-hybridized carbons (Fsp3) is 0.333. The molecule has 13 heteroatoms. The summed E-state index contributed by atoms with van der Waals surface area (Å²) >= 11 is 0. The summed E-state index contributed by atoms with van der Waals surface area (Å²) in [5, 5.41) is 7.12. The number of aromatic nitrogens is 2. The van der Waals surface area contributed by atoms with Crippen LogP contribution in [0, 0.1) is 0 Å². The fourth-order valence-corrected chi connectivity index (χ4v) is 4.95. The molecule has 1 spiro atoms. The van der Waals surface area contributed by atoms with Gasteiger partial charge in [0, 0.05) is 45.1 Å². The van der Waals surface area contributed by atoms with Crippen LogP contribution in [0.4, 0.5) is 18.9 Å². The first-order valence-corrected chi connectivity index (χ1v) is 12.2. The van der Waals surface area contributed by atoms with Crippen LogP contribution in [0.15, 0.2) is 60.9 Å². The van der Waals surface area contributed by atoms with Gasteiger partial charge in [0.2, 0.25) is 5.91 Å². The monoisotopic (exact) mass is 559 g/mol. The first-order chi connectivity index (χ1) is 18.9. The Labute approximate surface area is 228 Å². The average Bonchev–Trinajstić information content (AvgIpc) is 3.59. The molecular formula is C27H28F3N5O5. The van der Waals surface area contributed by atoms with Crippen molar-refractivity contribution in [2.75, 3.05) is 45.7 Å². The molecule has 212 valence electrons. The first-order valence-electron chi connectivity index (χ1n) is 12.2. The molecule has 2 aliphatic rings. The second-order valence-corrected chi connectivity index (χ2v) is 9.53. The Balaban J connectivity index is 0.000000470. The van der Waals surface area contributed by atoms with Crippen LogP contribution in [0.25, 0.3) is 5.82 Å². The lowest BCUT2D eigenvalue weighted by molar-refractivity contribution is -0.192. The van der Waals surface area contributed by atoms with Crippen molar-refractivity contribution in [2.24, 2.45) is 0 Å². The van der Waals surface area contributed by atoms with Crippen LogP contribution in [0.1, 0.15) is 22.5 Å². The van der Waals surface area contributed by atoms with Gasteiger partial charge in [-0.3, -0.25) is 9.59 Å². The zero-order chi connectivity index (χ0) is 29.2. The van der Waals surface area contributed by atoms with Gasteiger partial charge in [-0.05, 0) is 48.9 Å². The molecular weight excluding hydrogens is 531 g/mol. The number of amides is 2. The van der Waals surface area contributed by atoms with E-state index in [0.29, 0.717) is 30.8 Å². The van der Waals surface area contributed by atoms with Crippen LogP contribution >= 0.6 is 0 Å². The average molecular weight is 560 g/mol. The van der Waals surface area contributed by atoms with Crippen molar-refractivity contribution in [2.45, 2.75) is 18.1 Å². The normalized spacial score (nSPS) is 17.4. The molecule has 40 heavy (non-hydrogen) atoms. The van der Waals surface area contributed by atoms with Crippen molar-refractivity contribution in [3.05, 3.63) is 72.2 Å². The number of carboxylic acid groups (broad SMARTS) is 1. The fourth-order valence-electron chi connectivity index (χ4n) is 4.95. The Kier molecular flexibility index (Phi) is 7.76. The topological polar surface area (TPSA) is 108 Å². The quantitative estimate of drug-likeness (QED) is 0.523. The maximum Gasteiger partial charge on any atom is 0.490 e. The number of carbonyl (C=O) groups is 3. The number of ether oxygens (including phenoxy) is 1. The summed E-state index contributed by atoms with van der Waals surface area (Å²) in [7, 11) is 5.12. The number of halogens is 3. The van der Waals surface area contributed by atoms with Gasteiger partial charge >= 0.3 is 12.1 Å². The molecule has 10 nitrogen and oxygen atoms in total. The summed E-state index contributed by atoms with van der Waals surface area (Å²) in [5.74, 6) is -1.35. The number of benzene rings is 1. The second-order valence-electron chi connectivity index (χ2n) is 9.53. The Morgan fingerprint density at radius 3 is 2.50 bits per heavy atom. The number of aliphatic carboxylic acids is 1. The summed E-state index contributed by atoms with van der Waals surface area (Å²) in [5.41, 5.74) is 2.00. The Bertz CT molecular complexity index is 1420. The Hall–Kier alpha value is -4.55. The number of carbonyl (C=O) groups excluding carboxylic acids is 2. The van der Waals surface area contributed by atoms with E-state index in [0.717, 1.165) is 17.2 Å². The summed E-state index contributed by atoms with van der Waals surface area (Å²) in [4.78, 5) is 45.4. The lowest BCUT2D eigenvalue weighted by Crippen LogP contribution is -2.55. The van der Waals surface area contributed by atoms with Crippen molar-refractivity contribution in [3.63, 3.8) is 0 Å². The minimum atomic E-state index is -5.08. The molecule has 2 aliphatic heterocycles. The molecule has 1 saturated heterocycles. The summed E-state index contributed by atoms with van der Waals surface area (Å²) in [6, 6.07) is 15.2. The molecule has 4 heterocycles. The molecule has 1 atom stereocenters. The maximum atomic E-state index is 13.4. The third kappa shape index (κ3) is 5.31. The lowest BCUT2D eigenvalue weighted by Gasteiger charge is -2.46. The molecule has 0 saturated carbocycles. The van der Waals surface area contributed by atoms with Crippen LogP contribution in [0.5, 0.6) is 5.75 Å². The molecule has 0 aliphatic carbocycles. The number of hydrogen-bond acceptors (Lipinski definition) is 6. The molecule has 2 amide bonds. The zero-order valence-electron chi connectivity index (χ0n) is 22.1. The van der Waals surface area contributed by atoms with Crippen LogP contribution in [-0.2, 0) is 15.1 Å². The molecule has 1 fully saturated rings. The standard InChI is InChI=1S/C25H27N5O3.C2HF3O2/c1-27(2)22(31)16-30-20-9-5-12-26-23(20)29-13-6-10-21(29)25(30)11-14-28(17-25)24(32)18-7-4-8-19(15-18)33-3;3-2(4,5)1(6)7/h4-10,12-13,15H,11,14,16-17H2,1-3H3;(H,6,7). The predicted octanol–water partition coefficient (Wildman–Crippen LogP) is 3.16. The largest absolute Gasteiger partial charge is 0.497 e. The van der Waals surface area contributed by atoms with Crippen molar-refractivity contribution in [1.29, 1.82) is 0 Å². The molecule has 1 N–H and O–H groups in total. The second kappa shape index (κ2) is 10.9. The third-order valence-corrected chi connectivity index (χ3v) is 6.91. The molecule has 0 bridgehead atoms. The van der Waals surface area contributed by atoms with E-state index in [1.165, 1.54) is 0 Å². The van der Waals surface area contributed by atoms with E-state index in [4.69, 9.17) is 14.6 Å². The van der Waals surface area contributed by atoms with Crippen molar-refractivity contribution < 1.29 is 37.4 Å². The number of nitrogens with zero attached hydrogens (tertiary/aromatic N) is 5. The third-order valence-electron chi connectivity index (χ3n) is 6.91. The molecule has 1 aromatic carbocycles. The number of hydrogen-bond donors (Lipinski definition) is 1. The van der Waals surface area contributed by atoms with Crippen molar-refractivity contribution in [1.82, 2.24) is 19.4 Å². The molecule has 5 rings (SSSR count). The van der Waals surface area contributed by atoms with E-state index in [2.05, 4.69) is 20.5 Å². The van der Waals surface area contributed by atoms with Gasteiger partial charge in [0.25, 0.3) is 5.91 Å². The molecule has 0 radical (unpaired) electrons. The van der Waals surface area contributed by atoms with Crippen LogP contribution in [0.2, 0.25) is 0 Å². The summed E-state index contributed by atoms with van der Waals surface area (Å²) < 4.78 is 39.1. The Morgan fingerprint density at radius 2 is 1.85 bits per heavy atom. The van der Waals surface area contributed by atoms with E-state index >= 15 is 0 Å².